The zero-order chi connectivity index (χ0) is 14.8. The van der Waals surface area contributed by atoms with Crippen LogP contribution in [0.15, 0.2) is 42.5 Å². The van der Waals surface area contributed by atoms with Gasteiger partial charge in [0.25, 0.3) is 5.91 Å². The van der Waals surface area contributed by atoms with Gasteiger partial charge in [0.15, 0.2) is 0 Å². The molecule has 1 amide bonds. The quantitative estimate of drug-likeness (QED) is 0.937. The van der Waals surface area contributed by atoms with Gasteiger partial charge in [-0.05, 0) is 42.2 Å². The second-order valence-corrected chi connectivity index (χ2v) is 5.54. The molecule has 108 valence electrons. The molecule has 0 radical (unpaired) electrons. The number of rotatable bonds is 3. The molecule has 0 saturated heterocycles. The number of carbonyl (C=O) groups is 1. The second-order valence-electron chi connectivity index (χ2n) is 5.11. The molecule has 21 heavy (non-hydrogen) atoms. The summed E-state index contributed by atoms with van der Waals surface area (Å²) in [5, 5.41) is 3.63. The number of nitrogens with one attached hydrogen (secondary N) is 1. The van der Waals surface area contributed by atoms with Crippen LogP contribution in [0, 0.1) is 0 Å². The van der Waals surface area contributed by atoms with E-state index >= 15 is 0 Å². The molecule has 4 heteroatoms. The van der Waals surface area contributed by atoms with E-state index in [4.69, 9.17) is 16.3 Å². The van der Waals surface area contributed by atoms with Gasteiger partial charge in [0.05, 0.1) is 18.7 Å². The van der Waals surface area contributed by atoms with Crippen LogP contribution in [-0.2, 0) is 6.42 Å². The van der Waals surface area contributed by atoms with Crippen molar-refractivity contribution in [3.05, 3.63) is 64.2 Å². The van der Waals surface area contributed by atoms with Crippen molar-refractivity contribution in [3.8, 4) is 5.75 Å². The van der Waals surface area contributed by atoms with Gasteiger partial charge < -0.3 is 10.1 Å². The molecule has 1 aliphatic carbocycles. The summed E-state index contributed by atoms with van der Waals surface area (Å²) in [6.07, 6.45) is 1.93. The van der Waals surface area contributed by atoms with E-state index in [1.54, 1.807) is 18.2 Å². The first kappa shape index (κ1) is 14.0. The van der Waals surface area contributed by atoms with Crippen LogP contribution in [0.5, 0.6) is 5.75 Å². The third-order valence-corrected chi connectivity index (χ3v) is 4.08. The number of methoxy groups -OCH3 is 1. The summed E-state index contributed by atoms with van der Waals surface area (Å²) in [6, 6.07) is 13.3. The van der Waals surface area contributed by atoms with Crippen molar-refractivity contribution in [2.75, 3.05) is 7.11 Å². The molecular weight excluding hydrogens is 286 g/mol. The van der Waals surface area contributed by atoms with Gasteiger partial charge in [0, 0.05) is 5.02 Å². The number of amides is 1. The van der Waals surface area contributed by atoms with E-state index in [2.05, 4.69) is 17.4 Å². The van der Waals surface area contributed by atoms with Gasteiger partial charge in [0.1, 0.15) is 5.75 Å². The van der Waals surface area contributed by atoms with Crippen LogP contribution >= 0.6 is 11.6 Å². The molecule has 0 spiro atoms. The Bertz CT molecular complexity index is 684. The van der Waals surface area contributed by atoms with Crippen LogP contribution in [0.2, 0.25) is 5.02 Å². The Balaban J connectivity index is 1.82. The highest BCUT2D eigenvalue weighted by atomic mass is 35.5. The summed E-state index contributed by atoms with van der Waals surface area (Å²) >= 11 is 5.93. The maximum absolute atomic E-state index is 12.5. The molecule has 3 nitrogen and oxygen atoms in total. The predicted molar refractivity (Wildman–Crippen MR) is 83.0 cm³/mol. The number of hydrogen-bond acceptors (Lipinski definition) is 2. The van der Waals surface area contributed by atoms with E-state index in [0.29, 0.717) is 16.3 Å². The average molecular weight is 302 g/mol. The Hall–Kier alpha value is -2.00. The Morgan fingerprint density at radius 1 is 1.29 bits per heavy atom. The largest absolute Gasteiger partial charge is 0.496 e. The van der Waals surface area contributed by atoms with Gasteiger partial charge in [-0.3, -0.25) is 4.79 Å². The van der Waals surface area contributed by atoms with Crippen LogP contribution in [-0.4, -0.2) is 13.0 Å². The fraction of sp³-hybridized carbons (Fsp3) is 0.235. The average Bonchev–Trinajstić information content (AvgIpc) is 2.90. The molecule has 1 aliphatic rings. The van der Waals surface area contributed by atoms with E-state index in [1.807, 2.05) is 12.1 Å². The molecule has 0 aliphatic heterocycles. The molecule has 0 fully saturated rings. The van der Waals surface area contributed by atoms with Gasteiger partial charge in [-0.15, -0.1) is 0 Å². The summed E-state index contributed by atoms with van der Waals surface area (Å²) in [5.41, 5.74) is 3.02. The highest BCUT2D eigenvalue weighted by Crippen LogP contribution is 2.31. The number of fused-ring (bicyclic) bond motifs is 1. The standard InChI is InChI=1S/C17H16ClNO2/c1-21-16-10-12(18)7-8-14(16)17(20)19-15-9-6-11-4-2-3-5-13(11)15/h2-5,7-8,10,15H,6,9H2,1H3,(H,19,20)/t15-/m0/s1. The van der Waals surface area contributed by atoms with Gasteiger partial charge in [0.2, 0.25) is 0 Å². The number of ether oxygens (including phenoxy) is 1. The Morgan fingerprint density at radius 3 is 2.90 bits per heavy atom. The van der Waals surface area contributed by atoms with Crippen LogP contribution in [0.1, 0.15) is 33.9 Å². The lowest BCUT2D eigenvalue weighted by Gasteiger charge is -2.15. The fourth-order valence-electron chi connectivity index (χ4n) is 2.80. The maximum atomic E-state index is 12.5. The van der Waals surface area contributed by atoms with Crippen molar-refractivity contribution in [2.45, 2.75) is 18.9 Å². The highest BCUT2D eigenvalue weighted by Gasteiger charge is 2.24. The minimum absolute atomic E-state index is 0.0640. The third kappa shape index (κ3) is 2.74. The lowest BCUT2D eigenvalue weighted by molar-refractivity contribution is 0.0933. The van der Waals surface area contributed by atoms with E-state index < -0.39 is 0 Å². The molecule has 1 N–H and O–H groups in total. The third-order valence-electron chi connectivity index (χ3n) is 3.85. The summed E-state index contributed by atoms with van der Waals surface area (Å²) < 4.78 is 5.24. The molecule has 2 aromatic carbocycles. The Kier molecular flexibility index (Phi) is 3.84. The smallest absolute Gasteiger partial charge is 0.255 e. The lowest BCUT2D eigenvalue weighted by Crippen LogP contribution is -2.27. The van der Waals surface area contributed by atoms with Gasteiger partial charge in [-0.2, -0.15) is 0 Å². The molecule has 2 aromatic rings. The Morgan fingerprint density at radius 2 is 2.10 bits per heavy atom. The molecule has 0 saturated carbocycles. The zero-order valence-corrected chi connectivity index (χ0v) is 12.5. The van der Waals surface area contributed by atoms with Gasteiger partial charge >= 0.3 is 0 Å². The monoisotopic (exact) mass is 301 g/mol. The van der Waals surface area contributed by atoms with Gasteiger partial charge in [-0.25, -0.2) is 0 Å². The van der Waals surface area contributed by atoms with E-state index in [9.17, 15) is 4.79 Å². The van der Waals surface area contributed by atoms with Crippen molar-refractivity contribution in [2.24, 2.45) is 0 Å². The maximum Gasteiger partial charge on any atom is 0.255 e. The first-order valence-electron chi connectivity index (χ1n) is 6.91. The summed E-state index contributed by atoms with van der Waals surface area (Å²) in [7, 11) is 1.54. The normalized spacial score (nSPS) is 16.4. The first-order chi connectivity index (χ1) is 10.2. The molecule has 1 atom stereocenters. The number of benzene rings is 2. The molecule has 0 bridgehead atoms. The molecule has 0 unspecified atom stereocenters. The zero-order valence-electron chi connectivity index (χ0n) is 11.7. The molecule has 0 aromatic heterocycles. The number of aryl methyl sites for hydroxylation is 1. The van der Waals surface area contributed by atoms with E-state index in [1.165, 1.54) is 18.2 Å². The van der Waals surface area contributed by atoms with Crippen LogP contribution in [0.25, 0.3) is 0 Å². The topological polar surface area (TPSA) is 38.3 Å². The predicted octanol–water partition coefficient (Wildman–Crippen LogP) is 3.77. The lowest BCUT2D eigenvalue weighted by atomic mass is 10.1. The van der Waals surface area contributed by atoms with E-state index in [0.717, 1.165) is 12.8 Å². The molecule has 3 rings (SSSR count). The summed E-state index contributed by atoms with van der Waals surface area (Å²) in [6.45, 7) is 0. The summed E-state index contributed by atoms with van der Waals surface area (Å²) in [5.74, 6) is 0.358. The van der Waals surface area contributed by atoms with Crippen molar-refractivity contribution in [1.29, 1.82) is 0 Å². The minimum Gasteiger partial charge on any atom is -0.496 e. The number of hydrogen-bond donors (Lipinski definition) is 1. The number of carbonyl (C=O) groups excluding carboxylic acids is 1. The van der Waals surface area contributed by atoms with Crippen molar-refractivity contribution in [1.82, 2.24) is 5.32 Å². The van der Waals surface area contributed by atoms with Crippen molar-refractivity contribution >= 4 is 17.5 Å². The first-order valence-corrected chi connectivity index (χ1v) is 7.29. The Labute approximate surface area is 128 Å². The number of halogens is 1. The fourth-order valence-corrected chi connectivity index (χ4v) is 2.96. The van der Waals surface area contributed by atoms with Crippen molar-refractivity contribution in [3.63, 3.8) is 0 Å². The van der Waals surface area contributed by atoms with Crippen LogP contribution in [0.3, 0.4) is 0 Å². The second kappa shape index (κ2) is 5.78. The van der Waals surface area contributed by atoms with Gasteiger partial charge in [-0.1, -0.05) is 35.9 Å². The van der Waals surface area contributed by atoms with Crippen molar-refractivity contribution < 1.29 is 9.53 Å². The van der Waals surface area contributed by atoms with Crippen LogP contribution in [0.4, 0.5) is 0 Å². The summed E-state index contributed by atoms with van der Waals surface area (Å²) in [4.78, 5) is 12.5. The van der Waals surface area contributed by atoms with E-state index in [-0.39, 0.29) is 11.9 Å². The highest BCUT2D eigenvalue weighted by molar-refractivity contribution is 6.30. The van der Waals surface area contributed by atoms with Crippen LogP contribution < -0.4 is 10.1 Å². The SMILES string of the molecule is COc1cc(Cl)ccc1C(=O)N[C@H]1CCc2ccccc21. The molecule has 0 heterocycles. The minimum atomic E-state index is -0.134. The molecular formula is C17H16ClNO2.